The average molecular weight is 549 g/mol. The summed E-state index contributed by atoms with van der Waals surface area (Å²) in [5.41, 5.74) is 1.73. The van der Waals surface area contributed by atoms with Crippen LogP contribution in [-0.4, -0.2) is 16.9 Å². The molecule has 35 heavy (non-hydrogen) atoms. The Kier molecular flexibility index (Phi) is 9.36. The van der Waals surface area contributed by atoms with Crippen molar-refractivity contribution in [2.75, 3.05) is 0 Å². The normalized spacial score (nSPS) is 19.7. The Morgan fingerprint density at radius 3 is 2.49 bits per heavy atom. The second kappa shape index (κ2) is 12.0. The lowest BCUT2D eigenvalue weighted by Gasteiger charge is -2.40. The van der Waals surface area contributed by atoms with Crippen LogP contribution in [0.1, 0.15) is 30.0 Å². The number of thioether (sulfide) groups is 1. The number of allylic oxidation sites excluding steroid dienone is 3. The molecular weight excluding hydrogens is 524 g/mol. The summed E-state index contributed by atoms with van der Waals surface area (Å²) in [5, 5.41) is 7.31. The Balaban J connectivity index is 0.000000509. The highest BCUT2D eigenvalue weighted by atomic mass is 35.5. The van der Waals surface area contributed by atoms with Crippen LogP contribution in [0.3, 0.4) is 0 Å². The minimum atomic E-state index is -0.929. The zero-order chi connectivity index (χ0) is 25.6. The number of halogens is 3. The molecule has 3 nitrogen and oxygen atoms in total. The number of hydrogen-bond donors (Lipinski definition) is 1. The molecule has 2 aromatic carbocycles. The minimum Gasteiger partial charge on any atom is -0.341 e. The fourth-order valence-corrected chi connectivity index (χ4v) is 6.05. The van der Waals surface area contributed by atoms with Gasteiger partial charge in [0.2, 0.25) is 5.91 Å². The standard InChI is InChI=1S/C22H17Cl2NO2S2.C5H7F/c1-13-8-15(10-16(23)9-13)22(14-6-7-28-12-14)11-18(26)20(21(27)25-22)29-19-5-3-2-4-17(19)24;1-3-4-5(2)6/h2-10,12,20H,11H2,1H3,(H,25,27);3-4H,2H2,1H3/b;4-3-. The van der Waals surface area contributed by atoms with Crippen LogP contribution < -0.4 is 5.32 Å². The molecule has 0 aliphatic carbocycles. The van der Waals surface area contributed by atoms with Gasteiger partial charge in [0.05, 0.1) is 10.6 Å². The number of carbonyl (C=O) groups is 2. The van der Waals surface area contributed by atoms with Crippen molar-refractivity contribution in [2.24, 2.45) is 0 Å². The molecule has 0 saturated carbocycles. The van der Waals surface area contributed by atoms with E-state index in [4.69, 9.17) is 23.2 Å². The molecule has 0 radical (unpaired) electrons. The highest BCUT2D eigenvalue weighted by Crippen LogP contribution is 2.42. The SMILES string of the molecule is C=C(F)/C=C\C.Cc1cc(Cl)cc(C2(c3ccsc3)CC(=O)C(Sc3ccccc3Cl)C(=O)N2)c1. The van der Waals surface area contributed by atoms with Crippen LogP contribution in [0.4, 0.5) is 4.39 Å². The predicted molar refractivity (Wildman–Crippen MR) is 145 cm³/mol. The van der Waals surface area contributed by atoms with E-state index in [1.807, 2.05) is 60.1 Å². The van der Waals surface area contributed by atoms with Gasteiger partial charge in [0.15, 0.2) is 5.78 Å². The first kappa shape index (κ1) is 27.2. The molecule has 1 fully saturated rings. The van der Waals surface area contributed by atoms with Crippen molar-refractivity contribution in [3.63, 3.8) is 0 Å². The van der Waals surface area contributed by atoms with Crippen molar-refractivity contribution < 1.29 is 14.0 Å². The third kappa shape index (κ3) is 6.64. The molecule has 2 heterocycles. The number of carbonyl (C=O) groups excluding carboxylic acids is 2. The maximum absolute atomic E-state index is 13.2. The summed E-state index contributed by atoms with van der Waals surface area (Å²) in [7, 11) is 0. The van der Waals surface area contributed by atoms with Crippen molar-refractivity contribution in [2.45, 2.75) is 36.0 Å². The lowest BCUT2D eigenvalue weighted by Crippen LogP contribution is -2.58. The summed E-state index contributed by atoms with van der Waals surface area (Å²) in [4.78, 5) is 27.1. The van der Waals surface area contributed by atoms with E-state index in [1.165, 1.54) is 29.2 Å². The second-order valence-corrected chi connectivity index (χ2v) is 10.7. The Morgan fingerprint density at radius 2 is 1.94 bits per heavy atom. The molecule has 1 saturated heterocycles. The summed E-state index contributed by atoms with van der Waals surface area (Å²) >= 11 is 15.2. The van der Waals surface area contributed by atoms with Gasteiger partial charge < -0.3 is 5.32 Å². The molecule has 1 aliphatic rings. The number of Topliss-reactive ketones (excluding diaryl/α,β-unsaturated/α-hetero) is 1. The van der Waals surface area contributed by atoms with Crippen molar-refractivity contribution in [3.8, 4) is 0 Å². The van der Waals surface area contributed by atoms with E-state index in [9.17, 15) is 14.0 Å². The third-order valence-electron chi connectivity index (χ3n) is 5.28. The fourth-order valence-electron chi connectivity index (χ4n) is 3.79. The zero-order valence-electron chi connectivity index (χ0n) is 19.2. The number of hydrogen-bond acceptors (Lipinski definition) is 4. The number of nitrogens with one attached hydrogen (secondary N) is 1. The smallest absolute Gasteiger partial charge is 0.242 e. The Morgan fingerprint density at radius 1 is 1.20 bits per heavy atom. The van der Waals surface area contributed by atoms with Crippen LogP contribution in [0.2, 0.25) is 10.0 Å². The van der Waals surface area contributed by atoms with Crippen molar-refractivity contribution in [1.29, 1.82) is 0 Å². The van der Waals surface area contributed by atoms with E-state index in [-0.39, 0.29) is 18.1 Å². The lowest BCUT2D eigenvalue weighted by atomic mass is 9.77. The summed E-state index contributed by atoms with van der Waals surface area (Å²) in [6.07, 6.45) is 3.06. The molecule has 2 atom stereocenters. The quantitative estimate of drug-likeness (QED) is 0.260. The molecule has 3 aromatic rings. The number of ketones is 1. The van der Waals surface area contributed by atoms with Crippen LogP contribution in [0.5, 0.6) is 0 Å². The van der Waals surface area contributed by atoms with Gasteiger partial charge in [0.25, 0.3) is 0 Å². The van der Waals surface area contributed by atoms with Gasteiger partial charge in [0.1, 0.15) is 11.1 Å². The molecule has 0 bridgehead atoms. The molecule has 182 valence electrons. The number of piperidine rings is 1. The molecular formula is C27H24Cl2FNO2S2. The van der Waals surface area contributed by atoms with E-state index in [1.54, 1.807) is 19.1 Å². The van der Waals surface area contributed by atoms with Crippen LogP contribution >= 0.6 is 46.3 Å². The molecule has 1 aliphatic heterocycles. The second-order valence-electron chi connectivity index (χ2n) is 7.94. The molecule has 1 N–H and O–H groups in total. The molecule has 1 amide bonds. The van der Waals surface area contributed by atoms with Crippen LogP contribution in [0.15, 0.2) is 88.7 Å². The maximum atomic E-state index is 13.2. The van der Waals surface area contributed by atoms with Gasteiger partial charge in [-0.3, -0.25) is 9.59 Å². The molecule has 4 rings (SSSR count). The summed E-state index contributed by atoms with van der Waals surface area (Å²) < 4.78 is 11.4. The fraction of sp³-hybridized carbons (Fsp3) is 0.185. The number of aryl methyl sites for hydroxylation is 1. The minimum absolute atomic E-state index is 0.137. The first-order valence-corrected chi connectivity index (χ1v) is 13.3. The van der Waals surface area contributed by atoms with E-state index < -0.39 is 16.6 Å². The van der Waals surface area contributed by atoms with Crippen LogP contribution in [0, 0.1) is 6.92 Å². The largest absolute Gasteiger partial charge is 0.341 e. The van der Waals surface area contributed by atoms with E-state index >= 15 is 0 Å². The first-order valence-electron chi connectivity index (χ1n) is 10.7. The summed E-state index contributed by atoms with van der Waals surface area (Å²) in [6.45, 7) is 6.68. The molecule has 1 aromatic heterocycles. The summed E-state index contributed by atoms with van der Waals surface area (Å²) in [5.74, 6) is -0.852. The van der Waals surface area contributed by atoms with Gasteiger partial charge in [-0.05, 0) is 77.7 Å². The Bertz CT molecular complexity index is 1220. The van der Waals surface area contributed by atoms with Gasteiger partial charge in [-0.25, -0.2) is 4.39 Å². The number of thiophene rings is 1. The highest BCUT2D eigenvalue weighted by Gasteiger charge is 2.47. The van der Waals surface area contributed by atoms with Crippen LogP contribution in [-0.2, 0) is 15.1 Å². The molecule has 2 unspecified atom stereocenters. The maximum Gasteiger partial charge on any atom is 0.242 e. The monoisotopic (exact) mass is 547 g/mol. The third-order valence-corrected chi connectivity index (χ3v) is 7.95. The Hall–Kier alpha value is -2.38. The average Bonchev–Trinajstić information content (AvgIpc) is 3.32. The topological polar surface area (TPSA) is 46.2 Å². The van der Waals surface area contributed by atoms with Gasteiger partial charge in [-0.2, -0.15) is 11.3 Å². The molecule has 0 spiro atoms. The van der Waals surface area contributed by atoms with Gasteiger partial charge in [0, 0.05) is 16.3 Å². The van der Waals surface area contributed by atoms with Crippen molar-refractivity contribution >= 4 is 58.0 Å². The van der Waals surface area contributed by atoms with Crippen molar-refractivity contribution in [1.82, 2.24) is 5.32 Å². The van der Waals surface area contributed by atoms with E-state index in [0.29, 0.717) is 14.9 Å². The Labute approximate surface area is 223 Å². The lowest BCUT2D eigenvalue weighted by molar-refractivity contribution is -0.132. The van der Waals surface area contributed by atoms with Gasteiger partial charge in [-0.15, -0.1) is 11.8 Å². The molecule has 8 heteroatoms. The van der Waals surface area contributed by atoms with Crippen LogP contribution in [0.25, 0.3) is 0 Å². The van der Waals surface area contributed by atoms with E-state index in [0.717, 1.165) is 16.7 Å². The van der Waals surface area contributed by atoms with E-state index in [2.05, 4.69) is 11.9 Å². The number of rotatable bonds is 5. The number of amides is 1. The van der Waals surface area contributed by atoms with Gasteiger partial charge >= 0.3 is 0 Å². The highest BCUT2D eigenvalue weighted by molar-refractivity contribution is 8.01. The number of benzene rings is 2. The zero-order valence-corrected chi connectivity index (χ0v) is 22.3. The van der Waals surface area contributed by atoms with Gasteiger partial charge in [-0.1, -0.05) is 54.1 Å². The van der Waals surface area contributed by atoms with Crippen molar-refractivity contribution in [3.05, 3.63) is 111 Å². The predicted octanol–water partition coefficient (Wildman–Crippen LogP) is 7.90. The summed E-state index contributed by atoms with van der Waals surface area (Å²) in [6, 6.07) is 14.8. The first-order chi connectivity index (χ1) is 16.7.